The topological polar surface area (TPSA) is 175 Å². The summed E-state index contributed by atoms with van der Waals surface area (Å²) < 4.78 is 28.3. The van der Waals surface area contributed by atoms with E-state index in [9.17, 15) is 34.5 Å². The van der Waals surface area contributed by atoms with E-state index in [-0.39, 0.29) is 25.9 Å². The summed E-state index contributed by atoms with van der Waals surface area (Å²) >= 11 is 0. The van der Waals surface area contributed by atoms with Crippen molar-refractivity contribution in [1.82, 2.24) is 0 Å². The van der Waals surface area contributed by atoms with Gasteiger partial charge in [-0.2, -0.15) is 0 Å². The number of carboxylic acids is 1. The van der Waals surface area contributed by atoms with Crippen LogP contribution in [-0.2, 0) is 42.9 Å². The molecule has 1 rings (SSSR count). The summed E-state index contributed by atoms with van der Waals surface area (Å²) in [7, 11) is 0. The third kappa shape index (κ3) is 43.6. The Bertz CT molecular complexity index is 1840. The first-order chi connectivity index (χ1) is 38.6. The van der Waals surface area contributed by atoms with Gasteiger partial charge in [0.05, 0.1) is 13.0 Å². The number of aliphatic hydroxyl groups excluding tert-OH is 2. The minimum Gasteiger partial charge on any atom is -0.479 e. The lowest BCUT2D eigenvalue weighted by Crippen LogP contribution is -2.61. The zero-order valence-corrected chi connectivity index (χ0v) is 49.1. The van der Waals surface area contributed by atoms with Gasteiger partial charge in [0.25, 0.3) is 0 Å². The number of ether oxygens (including phenoxy) is 5. The minimum absolute atomic E-state index is 0.0155. The fourth-order valence-corrected chi connectivity index (χ4v) is 8.43. The molecule has 12 nitrogen and oxygen atoms in total. The fraction of sp³-hybridized carbons (Fsp3) is 0.642. The van der Waals surface area contributed by atoms with Gasteiger partial charge in [-0.15, -0.1) is 0 Å². The first-order valence-corrected chi connectivity index (χ1v) is 30.5. The van der Waals surface area contributed by atoms with Gasteiger partial charge >= 0.3 is 23.9 Å². The van der Waals surface area contributed by atoms with E-state index in [1.54, 1.807) is 6.08 Å². The van der Waals surface area contributed by atoms with E-state index in [0.29, 0.717) is 19.3 Å². The minimum atomic E-state index is -1.93. The third-order valence-electron chi connectivity index (χ3n) is 13.0. The molecule has 0 aliphatic carbocycles. The Morgan fingerprint density at radius 3 is 1.29 bits per heavy atom. The normalized spacial score (nSPS) is 18.7. The van der Waals surface area contributed by atoms with Crippen molar-refractivity contribution >= 4 is 23.9 Å². The number of esters is 3. The first-order valence-electron chi connectivity index (χ1n) is 30.5. The van der Waals surface area contributed by atoms with Crippen molar-refractivity contribution in [2.75, 3.05) is 13.2 Å². The van der Waals surface area contributed by atoms with E-state index in [1.165, 1.54) is 57.8 Å². The van der Waals surface area contributed by atoms with Crippen LogP contribution in [0.15, 0.2) is 122 Å². The zero-order valence-electron chi connectivity index (χ0n) is 49.1. The molecule has 0 bridgehead atoms. The highest BCUT2D eigenvalue weighted by atomic mass is 16.7. The van der Waals surface area contributed by atoms with Crippen LogP contribution in [0.2, 0.25) is 0 Å². The van der Waals surface area contributed by atoms with Gasteiger partial charge in [-0.1, -0.05) is 219 Å². The lowest BCUT2D eigenvalue weighted by atomic mass is 9.98. The molecule has 79 heavy (non-hydrogen) atoms. The van der Waals surface area contributed by atoms with Gasteiger partial charge in [0.1, 0.15) is 18.8 Å². The van der Waals surface area contributed by atoms with Gasteiger partial charge < -0.3 is 39.0 Å². The van der Waals surface area contributed by atoms with Gasteiger partial charge in [0, 0.05) is 12.8 Å². The molecule has 3 N–H and O–H groups in total. The molecule has 12 heteroatoms. The van der Waals surface area contributed by atoms with E-state index in [1.807, 2.05) is 18.2 Å². The summed E-state index contributed by atoms with van der Waals surface area (Å²) in [5, 5.41) is 31.5. The SMILES string of the molecule is CC/C=C\C/C=C\C/C=C\C/C=C\C/C=C\CC(=O)OC(COC(=O)CCCCCCCCC/C=C\CCCCCCCC)COC1OC(C(=O)O)C(O)C(O)C1OC(=O)CCCCCC/C=C\C/C=C\C/C=C\C/C=C\CC. The third-order valence-corrected chi connectivity index (χ3v) is 13.0. The van der Waals surface area contributed by atoms with Crippen LogP contribution in [0.1, 0.15) is 226 Å². The maximum Gasteiger partial charge on any atom is 0.335 e. The Hall–Kier alpha value is -4.88. The number of aliphatic hydroxyl groups is 2. The molecule has 446 valence electrons. The number of hydrogen-bond acceptors (Lipinski definition) is 11. The maximum atomic E-state index is 13.1. The molecule has 1 fully saturated rings. The summed E-state index contributed by atoms with van der Waals surface area (Å²) in [6.07, 6.45) is 61.9. The molecule has 1 saturated heterocycles. The van der Waals surface area contributed by atoms with Gasteiger partial charge in [-0.05, 0) is 109 Å². The summed E-state index contributed by atoms with van der Waals surface area (Å²) in [5.74, 6) is -3.34. The van der Waals surface area contributed by atoms with Crippen LogP contribution >= 0.6 is 0 Å². The molecule has 1 aliphatic heterocycles. The molecule has 6 unspecified atom stereocenters. The second kappa shape index (κ2) is 53.7. The predicted octanol–water partition coefficient (Wildman–Crippen LogP) is 16.0. The average molecular weight is 1100 g/mol. The first kappa shape index (κ1) is 72.1. The molecule has 0 aromatic heterocycles. The van der Waals surface area contributed by atoms with Crippen LogP contribution in [0.25, 0.3) is 0 Å². The summed E-state index contributed by atoms with van der Waals surface area (Å²) in [5.41, 5.74) is 0. The van der Waals surface area contributed by atoms with Crippen molar-refractivity contribution in [3.05, 3.63) is 122 Å². The molecule has 1 aliphatic rings. The number of aliphatic carboxylic acids is 1. The van der Waals surface area contributed by atoms with E-state index >= 15 is 0 Å². The Morgan fingerprint density at radius 1 is 0.443 bits per heavy atom. The Morgan fingerprint density at radius 2 is 0.835 bits per heavy atom. The number of rotatable bonds is 50. The average Bonchev–Trinajstić information content (AvgIpc) is 3.46. The van der Waals surface area contributed by atoms with Crippen molar-refractivity contribution in [2.24, 2.45) is 0 Å². The maximum absolute atomic E-state index is 13.1. The number of carbonyl (C=O) groups excluding carboxylic acids is 3. The highest BCUT2D eigenvalue weighted by Crippen LogP contribution is 2.26. The summed E-state index contributed by atoms with van der Waals surface area (Å²) in [6.45, 7) is 5.66. The van der Waals surface area contributed by atoms with E-state index in [0.717, 1.165) is 109 Å². The summed E-state index contributed by atoms with van der Waals surface area (Å²) in [6, 6.07) is 0. The van der Waals surface area contributed by atoms with Gasteiger partial charge in [0.2, 0.25) is 0 Å². The van der Waals surface area contributed by atoms with Gasteiger partial charge in [-0.3, -0.25) is 14.4 Å². The Balaban J connectivity index is 2.75. The van der Waals surface area contributed by atoms with Crippen molar-refractivity contribution < 1.29 is 58.2 Å². The summed E-state index contributed by atoms with van der Waals surface area (Å²) in [4.78, 5) is 51.1. The molecule has 0 aromatic carbocycles. The van der Waals surface area contributed by atoms with Crippen molar-refractivity contribution in [1.29, 1.82) is 0 Å². The van der Waals surface area contributed by atoms with Crippen LogP contribution in [0.5, 0.6) is 0 Å². The Labute approximate surface area is 478 Å². The number of carboxylic acid groups (broad SMARTS) is 1. The molecule has 6 atom stereocenters. The molecule has 0 spiro atoms. The van der Waals surface area contributed by atoms with Crippen molar-refractivity contribution in [3.63, 3.8) is 0 Å². The van der Waals surface area contributed by atoms with Gasteiger partial charge in [-0.25, -0.2) is 4.79 Å². The number of carbonyl (C=O) groups is 4. The molecule has 0 saturated carbocycles. The highest BCUT2D eigenvalue weighted by molar-refractivity contribution is 5.74. The number of allylic oxidation sites excluding steroid dienone is 19. The second-order valence-corrected chi connectivity index (χ2v) is 20.2. The molecule has 0 aromatic rings. The van der Waals surface area contributed by atoms with Crippen LogP contribution in [0, 0.1) is 0 Å². The monoisotopic (exact) mass is 1100 g/mol. The lowest BCUT2D eigenvalue weighted by Gasteiger charge is -2.40. The molecular weight excluding hydrogens is 997 g/mol. The van der Waals surface area contributed by atoms with Gasteiger partial charge in [0.15, 0.2) is 24.6 Å². The Kier molecular flexibility index (Phi) is 49.1. The van der Waals surface area contributed by atoms with E-state index in [2.05, 4.69) is 118 Å². The van der Waals surface area contributed by atoms with Crippen LogP contribution in [0.3, 0.4) is 0 Å². The molecular formula is C67H106O12. The van der Waals surface area contributed by atoms with E-state index < -0.39 is 67.3 Å². The van der Waals surface area contributed by atoms with E-state index in [4.69, 9.17) is 23.7 Å². The number of unbranched alkanes of at least 4 members (excludes halogenated alkanes) is 17. The largest absolute Gasteiger partial charge is 0.479 e. The van der Waals surface area contributed by atoms with Crippen LogP contribution < -0.4 is 0 Å². The second-order valence-electron chi connectivity index (χ2n) is 20.2. The standard InChI is InChI=1S/C67H106O12/c1-4-7-10-13-16-19-22-25-28-30-33-35-38-41-44-47-50-53-59(68)75-56-58(77-60(69)54-51-48-45-42-39-36-32-27-24-21-18-15-12-9-6-3)57-76-67-65(63(72)62(71)64(79-67)66(73)74)78-61(70)55-52-49-46-43-40-37-34-31-29-26-23-20-17-14-11-8-5-2/h8-9,11-12,17-18,20-21,25-29,32,34,37,39,42,48,51,58,62-65,67,71-72H,4-7,10,13-16,19,22-24,30-31,33,35-36,38,40-41,43-47,49-50,52-57H2,1-3H3,(H,73,74)/b11-8-,12-9-,20-17-,21-18-,28-25-,29-26-,32-27-,37-34-,42-39-,51-48-. The smallest absolute Gasteiger partial charge is 0.335 e. The zero-order chi connectivity index (χ0) is 57.5. The lowest BCUT2D eigenvalue weighted by molar-refractivity contribution is -0.301. The molecule has 0 radical (unpaired) electrons. The number of hydrogen-bond donors (Lipinski definition) is 3. The fourth-order valence-electron chi connectivity index (χ4n) is 8.43. The van der Waals surface area contributed by atoms with Crippen LogP contribution in [-0.4, -0.2) is 89.2 Å². The highest BCUT2D eigenvalue weighted by Gasteiger charge is 2.50. The molecule has 0 amide bonds. The van der Waals surface area contributed by atoms with Crippen LogP contribution in [0.4, 0.5) is 0 Å². The molecule has 1 heterocycles. The predicted molar refractivity (Wildman–Crippen MR) is 321 cm³/mol. The van der Waals surface area contributed by atoms with Crippen molar-refractivity contribution in [3.8, 4) is 0 Å². The van der Waals surface area contributed by atoms with Crippen molar-refractivity contribution in [2.45, 2.75) is 263 Å². The quantitative estimate of drug-likeness (QED) is 0.0228.